The number of hydrogen-bond acceptors (Lipinski definition) is 4. The second kappa shape index (κ2) is 9.14. The van der Waals surface area contributed by atoms with E-state index in [2.05, 4.69) is 19.2 Å². The van der Waals surface area contributed by atoms with E-state index in [0.717, 1.165) is 31.2 Å². The first kappa shape index (κ1) is 25.0. The lowest BCUT2D eigenvalue weighted by Gasteiger charge is -2.53. The van der Waals surface area contributed by atoms with Crippen molar-refractivity contribution in [2.75, 3.05) is 19.5 Å². The van der Waals surface area contributed by atoms with E-state index in [9.17, 15) is 9.59 Å². The molecule has 0 saturated heterocycles. The number of benzene rings is 2. The fraction of sp³-hybridized carbons (Fsp3) is 0.462. The Morgan fingerprint density at radius 2 is 1.82 bits per heavy atom. The molecule has 182 valence electrons. The van der Waals surface area contributed by atoms with Gasteiger partial charge in [0.2, 0.25) is 5.91 Å². The molecule has 1 heterocycles. The van der Waals surface area contributed by atoms with Crippen LogP contribution in [0.2, 0.25) is 10.0 Å². The van der Waals surface area contributed by atoms with Crippen LogP contribution in [0, 0.1) is 11.2 Å². The molecule has 1 fully saturated rings. The van der Waals surface area contributed by atoms with Gasteiger partial charge in [0.05, 0.1) is 18.1 Å². The number of methoxy groups -OCH3 is 1. The van der Waals surface area contributed by atoms with E-state index in [1.165, 1.54) is 19.2 Å². The van der Waals surface area contributed by atoms with Gasteiger partial charge in [-0.25, -0.2) is 4.39 Å². The first-order chi connectivity index (χ1) is 16.0. The third kappa shape index (κ3) is 4.21. The molecule has 0 unspecified atom stereocenters. The number of hydrogen-bond donors (Lipinski definition) is 1. The van der Waals surface area contributed by atoms with E-state index in [1.54, 1.807) is 18.2 Å². The molecule has 2 aromatic rings. The van der Waals surface area contributed by atoms with Gasteiger partial charge in [0.25, 0.3) is 0 Å². The Labute approximate surface area is 209 Å². The van der Waals surface area contributed by atoms with Gasteiger partial charge >= 0.3 is 5.97 Å². The van der Waals surface area contributed by atoms with Crippen LogP contribution in [0.25, 0.3) is 0 Å². The highest BCUT2D eigenvalue weighted by atomic mass is 35.5. The van der Waals surface area contributed by atoms with Gasteiger partial charge in [-0.05, 0) is 61.9 Å². The minimum Gasteiger partial charge on any atom is -0.468 e. The van der Waals surface area contributed by atoms with E-state index < -0.39 is 35.2 Å². The van der Waals surface area contributed by atoms with E-state index in [-0.39, 0.29) is 16.0 Å². The van der Waals surface area contributed by atoms with Crippen LogP contribution >= 0.6 is 23.2 Å². The number of rotatable bonds is 2. The van der Waals surface area contributed by atoms with Crippen LogP contribution < -0.4 is 5.32 Å². The molecular weight excluding hydrogens is 478 g/mol. The summed E-state index contributed by atoms with van der Waals surface area (Å²) in [5.41, 5.74) is 1.06. The van der Waals surface area contributed by atoms with Crippen LogP contribution in [-0.2, 0) is 19.9 Å². The van der Waals surface area contributed by atoms with Gasteiger partial charge in [-0.1, -0.05) is 55.2 Å². The molecule has 1 N–H and O–H groups in total. The molecule has 5 nitrogen and oxygen atoms in total. The van der Waals surface area contributed by atoms with E-state index in [4.69, 9.17) is 27.9 Å². The van der Waals surface area contributed by atoms with E-state index >= 15 is 4.39 Å². The number of carbonyl (C=O) groups is 2. The summed E-state index contributed by atoms with van der Waals surface area (Å²) in [7, 11) is 3.11. The average Bonchev–Trinajstić information content (AvgIpc) is 2.79. The van der Waals surface area contributed by atoms with Crippen molar-refractivity contribution in [3.05, 3.63) is 63.4 Å². The highest BCUT2D eigenvalue weighted by Crippen LogP contribution is 2.53. The lowest BCUT2D eigenvalue weighted by atomic mass is 9.65. The Bertz CT molecular complexity index is 1130. The summed E-state index contributed by atoms with van der Waals surface area (Å²) in [5.74, 6) is -3.05. The largest absolute Gasteiger partial charge is 0.468 e. The SMILES string of the molecule is COC(=O)[C@H]1[C@H](c2cccc(Cl)c2F)C(=O)Nc2cc(Cl)ccc2C2(CCC(C)(C)CC2)N1C. The fourth-order valence-electron chi connectivity index (χ4n) is 5.51. The van der Waals surface area contributed by atoms with Crippen molar-refractivity contribution in [1.82, 2.24) is 4.90 Å². The number of nitrogens with zero attached hydrogens (tertiary/aromatic N) is 1. The lowest BCUT2D eigenvalue weighted by Crippen LogP contribution is -2.59. The van der Waals surface area contributed by atoms with Crippen LogP contribution in [0.1, 0.15) is 56.6 Å². The fourth-order valence-corrected chi connectivity index (χ4v) is 5.86. The Hall–Kier alpha value is -2.15. The van der Waals surface area contributed by atoms with Gasteiger partial charge in [0.15, 0.2) is 0 Å². The molecule has 0 bridgehead atoms. The van der Waals surface area contributed by atoms with E-state index in [0.29, 0.717) is 10.7 Å². The standard InChI is InChI=1S/C26H29Cl2FN2O3/c1-25(2)10-12-26(13-11-25)17-9-8-15(27)14-19(17)30-23(32)20(22(31(26)3)24(33)34-4)16-6-5-7-18(28)21(16)29/h5-9,14,20,22H,10-13H2,1-4H3,(H,30,32)/t20-,22+/m0/s1. The maximum Gasteiger partial charge on any atom is 0.324 e. The first-order valence-corrected chi connectivity index (χ1v) is 12.1. The Balaban J connectivity index is 1.97. The Morgan fingerprint density at radius 1 is 1.15 bits per heavy atom. The minimum atomic E-state index is -1.19. The zero-order valence-electron chi connectivity index (χ0n) is 19.8. The van der Waals surface area contributed by atoms with Crippen molar-refractivity contribution in [2.24, 2.45) is 5.41 Å². The number of ether oxygens (including phenoxy) is 1. The number of esters is 1. The van der Waals surface area contributed by atoms with Crippen molar-refractivity contribution in [1.29, 1.82) is 0 Å². The number of nitrogens with one attached hydrogen (secondary N) is 1. The molecule has 1 amide bonds. The van der Waals surface area contributed by atoms with Crippen LogP contribution in [0.5, 0.6) is 0 Å². The number of halogens is 3. The molecule has 2 atom stereocenters. The summed E-state index contributed by atoms with van der Waals surface area (Å²) in [5, 5.41) is 3.31. The molecule has 1 spiro atoms. The predicted octanol–water partition coefficient (Wildman–Crippen LogP) is 6.14. The minimum absolute atomic E-state index is 0.0454. The maximum absolute atomic E-state index is 15.3. The first-order valence-electron chi connectivity index (χ1n) is 11.4. The van der Waals surface area contributed by atoms with Crippen LogP contribution in [-0.4, -0.2) is 37.0 Å². The van der Waals surface area contributed by atoms with Crippen molar-refractivity contribution in [2.45, 2.75) is 57.0 Å². The normalized spacial score (nSPS) is 24.0. The highest BCUT2D eigenvalue weighted by Gasteiger charge is 2.52. The molecule has 0 radical (unpaired) electrons. The van der Waals surface area contributed by atoms with Crippen molar-refractivity contribution < 1.29 is 18.7 Å². The molecule has 1 aliphatic carbocycles. The zero-order chi connectivity index (χ0) is 24.8. The summed E-state index contributed by atoms with van der Waals surface area (Å²) < 4.78 is 20.4. The summed E-state index contributed by atoms with van der Waals surface area (Å²) in [4.78, 5) is 28.8. The molecule has 2 aliphatic rings. The topological polar surface area (TPSA) is 58.6 Å². The third-order valence-electron chi connectivity index (χ3n) is 7.62. The molecule has 1 aliphatic heterocycles. The van der Waals surface area contributed by atoms with E-state index in [1.807, 2.05) is 18.0 Å². The van der Waals surface area contributed by atoms with Crippen LogP contribution in [0.15, 0.2) is 36.4 Å². The van der Waals surface area contributed by atoms with Gasteiger partial charge in [0, 0.05) is 21.8 Å². The van der Waals surface area contributed by atoms with Crippen LogP contribution in [0.4, 0.5) is 10.1 Å². The molecule has 1 saturated carbocycles. The van der Waals surface area contributed by atoms with Crippen molar-refractivity contribution in [3.8, 4) is 0 Å². The molecule has 8 heteroatoms. The number of carbonyl (C=O) groups excluding carboxylic acids is 2. The molecule has 0 aromatic heterocycles. The number of amides is 1. The Morgan fingerprint density at radius 3 is 2.47 bits per heavy atom. The summed E-state index contributed by atoms with van der Waals surface area (Å²) in [6, 6.07) is 8.85. The molecule has 4 rings (SSSR count). The van der Waals surface area contributed by atoms with Crippen LogP contribution in [0.3, 0.4) is 0 Å². The van der Waals surface area contributed by atoms with Gasteiger partial charge < -0.3 is 10.1 Å². The lowest BCUT2D eigenvalue weighted by molar-refractivity contribution is -0.154. The second-order valence-electron chi connectivity index (χ2n) is 10.1. The smallest absolute Gasteiger partial charge is 0.324 e. The average molecular weight is 507 g/mol. The number of anilines is 1. The summed E-state index contributed by atoms with van der Waals surface area (Å²) in [6.07, 6.45) is 3.33. The van der Waals surface area contributed by atoms with Crippen molar-refractivity contribution >= 4 is 40.8 Å². The van der Waals surface area contributed by atoms with Gasteiger partial charge in [-0.15, -0.1) is 0 Å². The van der Waals surface area contributed by atoms with Gasteiger partial charge in [-0.3, -0.25) is 14.5 Å². The van der Waals surface area contributed by atoms with Gasteiger partial charge in [-0.2, -0.15) is 0 Å². The summed E-state index contributed by atoms with van der Waals surface area (Å²) >= 11 is 12.4. The zero-order valence-corrected chi connectivity index (χ0v) is 21.3. The van der Waals surface area contributed by atoms with Crippen molar-refractivity contribution in [3.63, 3.8) is 0 Å². The highest BCUT2D eigenvalue weighted by molar-refractivity contribution is 6.31. The second-order valence-corrected chi connectivity index (χ2v) is 10.9. The number of likely N-dealkylation sites (N-methyl/N-ethyl adjacent to an activating group) is 1. The quantitative estimate of drug-likeness (QED) is 0.497. The maximum atomic E-state index is 15.3. The number of fused-ring (bicyclic) bond motifs is 2. The molecule has 2 aromatic carbocycles. The summed E-state index contributed by atoms with van der Waals surface area (Å²) in [6.45, 7) is 4.46. The molecule has 34 heavy (non-hydrogen) atoms. The monoisotopic (exact) mass is 506 g/mol. The third-order valence-corrected chi connectivity index (χ3v) is 8.15. The predicted molar refractivity (Wildman–Crippen MR) is 132 cm³/mol. The molecular formula is C26H29Cl2FN2O3. The van der Waals surface area contributed by atoms with Gasteiger partial charge in [0.1, 0.15) is 11.9 Å². The Kier molecular flexibility index (Phi) is 6.71.